The molecule has 2 rings (SSSR count). The summed E-state index contributed by atoms with van der Waals surface area (Å²) in [6, 6.07) is 9.06. The molecule has 5 heteroatoms. The number of ether oxygens (including phenoxy) is 1. The lowest BCUT2D eigenvalue weighted by atomic mass is 10.3. The van der Waals surface area contributed by atoms with Gasteiger partial charge < -0.3 is 10.1 Å². The molecule has 1 aromatic carbocycles. The summed E-state index contributed by atoms with van der Waals surface area (Å²) in [4.78, 5) is 4.25. The van der Waals surface area contributed by atoms with Gasteiger partial charge in [0, 0.05) is 24.5 Å². The van der Waals surface area contributed by atoms with Crippen molar-refractivity contribution in [1.29, 1.82) is 0 Å². The largest absolute Gasteiger partial charge is 0.487 e. The molecule has 100 valence electrons. The number of hydrogen-bond acceptors (Lipinski definition) is 3. The van der Waals surface area contributed by atoms with Gasteiger partial charge in [-0.3, -0.25) is 4.98 Å². The third-order valence-electron chi connectivity index (χ3n) is 2.48. The van der Waals surface area contributed by atoms with Crippen molar-refractivity contribution in [1.82, 2.24) is 4.98 Å². The fraction of sp³-hybridized carbons (Fsp3) is 0.214. The molecule has 0 saturated heterocycles. The van der Waals surface area contributed by atoms with Crippen molar-refractivity contribution in [3.8, 4) is 5.75 Å². The lowest BCUT2D eigenvalue weighted by Gasteiger charge is -2.08. The van der Waals surface area contributed by atoms with Crippen molar-refractivity contribution in [3.05, 3.63) is 52.3 Å². The number of nitrogens with one attached hydrogen (secondary N) is 1. The molecule has 19 heavy (non-hydrogen) atoms. The Morgan fingerprint density at radius 1 is 1.16 bits per heavy atom. The monoisotopic (exact) mass is 296 g/mol. The van der Waals surface area contributed by atoms with Crippen LogP contribution in [-0.4, -0.2) is 11.5 Å². The van der Waals surface area contributed by atoms with E-state index in [1.54, 1.807) is 24.4 Å². The van der Waals surface area contributed by atoms with Gasteiger partial charge in [0.2, 0.25) is 0 Å². The summed E-state index contributed by atoms with van der Waals surface area (Å²) in [5, 5.41) is 4.22. The van der Waals surface area contributed by atoms with E-state index in [0.29, 0.717) is 22.4 Å². The van der Waals surface area contributed by atoms with E-state index in [4.69, 9.17) is 27.9 Å². The summed E-state index contributed by atoms with van der Waals surface area (Å²) in [6.07, 6.45) is 1.76. The topological polar surface area (TPSA) is 34.2 Å². The molecule has 2 aromatic rings. The Morgan fingerprint density at radius 2 is 2.00 bits per heavy atom. The van der Waals surface area contributed by atoms with Gasteiger partial charge in [-0.25, -0.2) is 0 Å². The highest BCUT2D eigenvalue weighted by molar-refractivity contribution is 6.42. The van der Waals surface area contributed by atoms with Crippen LogP contribution in [0.3, 0.4) is 0 Å². The molecule has 0 atom stereocenters. The van der Waals surface area contributed by atoms with Crippen LogP contribution in [0.15, 0.2) is 36.5 Å². The number of benzene rings is 1. The summed E-state index contributed by atoms with van der Waals surface area (Å²) < 4.78 is 5.63. The fourth-order valence-corrected chi connectivity index (χ4v) is 1.88. The Kier molecular flexibility index (Phi) is 4.88. The smallest absolute Gasteiger partial charge is 0.130 e. The summed E-state index contributed by atoms with van der Waals surface area (Å²) >= 11 is 11.8. The van der Waals surface area contributed by atoms with E-state index in [1.165, 1.54) is 0 Å². The van der Waals surface area contributed by atoms with E-state index < -0.39 is 0 Å². The lowest BCUT2D eigenvalue weighted by Crippen LogP contribution is -2.01. The molecular formula is C14H14Cl2N2O. The molecule has 0 fully saturated rings. The van der Waals surface area contributed by atoms with Crippen molar-refractivity contribution in [3.63, 3.8) is 0 Å². The molecule has 1 aromatic heterocycles. The number of hydrogen-bond donors (Lipinski definition) is 1. The minimum atomic E-state index is 0.386. The number of rotatable bonds is 5. The van der Waals surface area contributed by atoms with E-state index in [1.807, 2.05) is 19.1 Å². The highest BCUT2D eigenvalue weighted by atomic mass is 35.5. The Hall–Kier alpha value is -1.45. The fourth-order valence-electron chi connectivity index (χ4n) is 1.60. The second-order valence-electron chi connectivity index (χ2n) is 3.93. The normalized spacial score (nSPS) is 10.3. The van der Waals surface area contributed by atoms with Gasteiger partial charge in [0.1, 0.15) is 12.4 Å². The van der Waals surface area contributed by atoms with Crippen LogP contribution in [0.4, 0.5) is 5.69 Å². The first-order valence-corrected chi connectivity index (χ1v) is 6.71. The molecule has 0 radical (unpaired) electrons. The second kappa shape index (κ2) is 6.64. The number of nitrogens with zero attached hydrogens (tertiary/aromatic N) is 1. The number of halogens is 2. The number of pyridine rings is 1. The predicted octanol–water partition coefficient (Wildman–Crippen LogP) is 4.40. The van der Waals surface area contributed by atoms with E-state index in [2.05, 4.69) is 10.3 Å². The van der Waals surface area contributed by atoms with Gasteiger partial charge in [0.15, 0.2) is 0 Å². The standard InChI is InChI=1S/C14H14Cl2N2O/c1-2-17-10-5-6-18-11(7-10)9-19-12-3-4-13(15)14(16)8-12/h3-8H,2,9H2,1H3,(H,17,18). The Morgan fingerprint density at radius 3 is 2.74 bits per heavy atom. The third-order valence-corrected chi connectivity index (χ3v) is 3.21. The molecular weight excluding hydrogens is 283 g/mol. The highest BCUT2D eigenvalue weighted by Gasteiger charge is 2.02. The van der Waals surface area contributed by atoms with E-state index in [9.17, 15) is 0 Å². The van der Waals surface area contributed by atoms with Crippen molar-refractivity contribution < 1.29 is 4.74 Å². The van der Waals surface area contributed by atoms with E-state index in [-0.39, 0.29) is 0 Å². The van der Waals surface area contributed by atoms with Gasteiger partial charge in [-0.2, -0.15) is 0 Å². The predicted molar refractivity (Wildman–Crippen MR) is 79.2 cm³/mol. The lowest BCUT2D eigenvalue weighted by molar-refractivity contribution is 0.301. The van der Waals surface area contributed by atoms with Crippen LogP contribution >= 0.6 is 23.2 Å². The first-order chi connectivity index (χ1) is 9.19. The molecule has 0 amide bonds. The maximum absolute atomic E-state index is 5.92. The molecule has 0 aliphatic carbocycles. The van der Waals surface area contributed by atoms with Gasteiger partial charge >= 0.3 is 0 Å². The molecule has 0 aliphatic rings. The van der Waals surface area contributed by atoms with Gasteiger partial charge in [0.25, 0.3) is 0 Å². The van der Waals surface area contributed by atoms with E-state index in [0.717, 1.165) is 17.9 Å². The average Bonchev–Trinajstić information content (AvgIpc) is 2.41. The van der Waals surface area contributed by atoms with Crippen molar-refractivity contribution in [2.45, 2.75) is 13.5 Å². The molecule has 3 nitrogen and oxygen atoms in total. The van der Waals surface area contributed by atoms with Gasteiger partial charge in [0.05, 0.1) is 15.7 Å². The summed E-state index contributed by atoms with van der Waals surface area (Å²) in [6.45, 7) is 3.31. The third kappa shape index (κ3) is 4.01. The van der Waals surface area contributed by atoms with Crippen LogP contribution in [0.1, 0.15) is 12.6 Å². The van der Waals surface area contributed by atoms with Crippen LogP contribution in [-0.2, 0) is 6.61 Å². The molecule has 1 heterocycles. The van der Waals surface area contributed by atoms with Crippen LogP contribution in [0.25, 0.3) is 0 Å². The maximum Gasteiger partial charge on any atom is 0.130 e. The molecule has 0 unspecified atom stereocenters. The molecule has 0 saturated carbocycles. The van der Waals surface area contributed by atoms with Crippen LogP contribution in [0.5, 0.6) is 5.75 Å². The zero-order valence-electron chi connectivity index (χ0n) is 10.5. The Balaban J connectivity index is 2.01. The zero-order chi connectivity index (χ0) is 13.7. The van der Waals surface area contributed by atoms with Gasteiger partial charge in [-0.05, 0) is 31.2 Å². The minimum absolute atomic E-state index is 0.386. The second-order valence-corrected chi connectivity index (χ2v) is 4.75. The summed E-state index contributed by atoms with van der Waals surface area (Å²) in [7, 11) is 0. The first kappa shape index (κ1) is 14.0. The van der Waals surface area contributed by atoms with Crippen molar-refractivity contribution in [2.75, 3.05) is 11.9 Å². The first-order valence-electron chi connectivity index (χ1n) is 5.95. The summed E-state index contributed by atoms with van der Waals surface area (Å²) in [5.74, 6) is 0.671. The molecule has 1 N–H and O–H groups in total. The highest BCUT2D eigenvalue weighted by Crippen LogP contribution is 2.26. The van der Waals surface area contributed by atoms with E-state index >= 15 is 0 Å². The molecule has 0 aliphatic heterocycles. The van der Waals surface area contributed by atoms with Crippen molar-refractivity contribution >= 4 is 28.9 Å². The van der Waals surface area contributed by atoms with Gasteiger partial charge in [-0.1, -0.05) is 23.2 Å². The number of aromatic nitrogens is 1. The summed E-state index contributed by atoms with van der Waals surface area (Å²) in [5.41, 5.74) is 1.88. The Bertz CT molecular complexity index is 561. The average molecular weight is 297 g/mol. The molecule has 0 spiro atoms. The van der Waals surface area contributed by atoms with Crippen LogP contribution < -0.4 is 10.1 Å². The SMILES string of the molecule is CCNc1ccnc(COc2ccc(Cl)c(Cl)c2)c1. The molecule has 0 bridgehead atoms. The quantitative estimate of drug-likeness (QED) is 0.888. The zero-order valence-corrected chi connectivity index (χ0v) is 12.0. The van der Waals surface area contributed by atoms with Crippen molar-refractivity contribution in [2.24, 2.45) is 0 Å². The van der Waals surface area contributed by atoms with Crippen LogP contribution in [0.2, 0.25) is 10.0 Å². The Labute approximate surface area is 122 Å². The van der Waals surface area contributed by atoms with Crippen LogP contribution in [0, 0.1) is 0 Å². The van der Waals surface area contributed by atoms with Gasteiger partial charge in [-0.15, -0.1) is 0 Å². The maximum atomic E-state index is 5.92. The minimum Gasteiger partial charge on any atom is -0.487 e. The number of anilines is 1.